The lowest BCUT2D eigenvalue weighted by Gasteiger charge is -2.16. The Kier molecular flexibility index (Phi) is 5.50. The van der Waals surface area contributed by atoms with Gasteiger partial charge in [0.2, 0.25) is 0 Å². The minimum absolute atomic E-state index is 0.0718. The van der Waals surface area contributed by atoms with E-state index in [0.717, 1.165) is 22.3 Å². The van der Waals surface area contributed by atoms with Gasteiger partial charge < -0.3 is 5.32 Å². The smallest absolute Gasteiger partial charge is 0.280 e. The fourth-order valence-corrected chi connectivity index (χ4v) is 3.67. The summed E-state index contributed by atoms with van der Waals surface area (Å²) >= 11 is 0. The Morgan fingerprint density at radius 2 is 1.48 bits per heavy atom. The molecule has 0 saturated heterocycles. The minimum Gasteiger partial charge on any atom is -0.322 e. The fourth-order valence-electron chi connectivity index (χ4n) is 3.67. The van der Waals surface area contributed by atoms with Crippen molar-refractivity contribution in [2.75, 3.05) is 5.32 Å². The molecular weight excluding hydrogens is 386 g/mol. The van der Waals surface area contributed by atoms with Crippen molar-refractivity contribution in [3.63, 3.8) is 0 Å². The van der Waals surface area contributed by atoms with Gasteiger partial charge in [-0.15, -0.1) is 0 Å². The first-order valence-electron chi connectivity index (χ1n) is 10.1. The third-order valence-electron chi connectivity index (χ3n) is 5.21. The molecule has 0 aliphatic heterocycles. The van der Waals surface area contributed by atoms with Crippen molar-refractivity contribution in [2.24, 2.45) is 7.05 Å². The van der Waals surface area contributed by atoms with Crippen molar-refractivity contribution in [1.29, 1.82) is 0 Å². The second kappa shape index (κ2) is 8.40. The fraction of sp³-hybridized carbons (Fsp3) is 0.115. The van der Waals surface area contributed by atoms with E-state index in [2.05, 4.69) is 10.4 Å². The average molecular weight is 409 g/mol. The Bertz CT molecular complexity index is 1310. The standard InChI is InChI=1S/C26H23N3O2/c1-17-14-15-21(18(2)16-17)27-25(30)23-22(19-10-6-4-7-11-19)24(28-29(3)26(23)31)20-12-8-5-9-13-20/h4-16H,1-3H3,(H,27,30). The molecule has 0 saturated carbocycles. The molecule has 1 heterocycles. The van der Waals surface area contributed by atoms with Crippen LogP contribution in [0.15, 0.2) is 83.7 Å². The highest BCUT2D eigenvalue weighted by atomic mass is 16.2. The number of anilines is 1. The van der Waals surface area contributed by atoms with Crippen molar-refractivity contribution in [2.45, 2.75) is 13.8 Å². The Labute approximate surface area is 181 Å². The van der Waals surface area contributed by atoms with E-state index in [-0.39, 0.29) is 5.56 Å². The molecule has 1 amide bonds. The van der Waals surface area contributed by atoms with Crippen LogP contribution in [0.25, 0.3) is 22.4 Å². The van der Waals surface area contributed by atoms with Gasteiger partial charge in [0, 0.05) is 23.9 Å². The molecule has 4 rings (SSSR count). The van der Waals surface area contributed by atoms with E-state index in [4.69, 9.17) is 0 Å². The van der Waals surface area contributed by atoms with Crippen LogP contribution in [0.5, 0.6) is 0 Å². The van der Waals surface area contributed by atoms with Crippen LogP contribution in [0.1, 0.15) is 21.5 Å². The Balaban J connectivity index is 1.95. The lowest BCUT2D eigenvalue weighted by atomic mass is 9.95. The first kappa shape index (κ1) is 20.3. The van der Waals surface area contributed by atoms with E-state index in [9.17, 15) is 9.59 Å². The van der Waals surface area contributed by atoms with Crippen LogP contribution in [0.3, 0.4) is 0 Å². The molecule has 1 aromatic heterocycles. The highest BCUT2D eigenvalue weighted by molar-refractivity contribution is 6.10. The zero-order valence-corrected chi connectivity index (χ0v) is 17.7. The van der Waals surface area contributed by atoms with Crippen molar-refractivity contribution < 1.29 is 4.79 Å². The van der Waals surface area contributed by atoms with Crippen LogP contribution < -0.4 is 10.9 Å². The number of benzene rings is 3. The molecule has 0 atom stereocenters. The molecule has 5 nitrogen and oxygen atoms in total. The summed E-state index contributed by atoms with van der Waals surface area (Å²) in [5.41, 5.74) is 5.04. The zero-order chi connectivity index (χ0) is 22.0. The number of aromatic nitrogens is 2. The molecule has 0 aliphatic rings. The van der Waals surface area contributed by atoms with E-state index in [1.54, 1.807) is 7.05 Å². The maximum atomic E-state index is 13.4. The van der Waals surface area contributed by atoms with E-state index >= 15 is 0 Å². The molecule has 0 unspecified atom stereocenters. The Morgan fingerprint density at radius 1 is 0.871 bits per heavy atom. The molecular formula is C26H23N3O2. The van der Waals surface area contributed by atoms with Gasteiger partial charge in [0.15, 0.2) is 0 Å². The summed E-state index contributed by atoms with van der Waals surface area (Å²) in [7, 11) is 1.57. The number of hydrogen-bond acceptors (Lipinski definition) is 3. The summed E-state index contributed by atoms with van der Waals surface area (Å²) in [6.45, 7) is 3.93. The first-order valence-corrected chi connectivity index (χ1v) is 10.1. The summed E-state index contributed by atoms with van der Waals surface area (Å²) in [6, 6.07) is 24.8. The highest BCUT2D eigenvalue weighted by Gasteiger charge is 2.24. The summed E-state index contributed by atoms with van der Waals surface area (Å²) in [4.78, 5) is 26.6. The van der Waals surface area contributed by atoms with E-state index in [1.165, 1.54) is 4.68 Å². The molecule has 154 valence electrons. The Hall–Kier alpha value is -3.99. The lowest BCUT2D eigenvalue weighted by molar-refractivity contribution is 0.102. The lowest BCUT2D eigenvalue weighted by Crippen LogP contribution is -2.31. The van der Waals surface area contributed by atoms with Gasteiger partial charge in [-0.3, -0.25) is 9.59 Å². The summed E-state index contributed by atoms with van der Waals surface area (Å²) < 4.78 is 1.23. The number of hydrogen-bond donors (Lipinski definition) is 1. The molecule has 1 N–H and O–H groups in total. The van der Waals surface area contributed by atoms with E-state index in [1.807, 2.05) is 92.7 Å². The quantitative estimate of drug-likeness (QED) is 0.517. The van der Waals surface area contributed by atoms with Crippen LogP contribution in [0.4, 0.5) is 5.69 Å². The predicted octanol–water partition coefficient (Wildman–Crippen LogP) is 4.98. The van der Waals surface area contributed by atoms with Gasteiger partial charge in [-0.05, 0) is 31.0 Å². The molecule has 0 radical (unpaired) electrons. The van der Waals surface area contributed by atoms with Crippen LogP contribution >= 0.6 is 0 Å². The van der Waals surface area contributed by atoms with Gasteiger partial charge in [-0.1, -0.05) is 78.4 Å². The van der Waals surface area contributed by atoms with Gasteiger partial charge in [-0.25, -0.2) is 4.68 Å². The number of aryl methyl sites for hydroxylation is 3. The van der Waals surface area contributed by atoms with Crippen molar-refractivity contribution in [3.05, 3.63) is 106 Å². The second-order valence-electron chi connectivity index (χ2n) is 7.53. The van der Waals surface area contributed by atoms with Crippen molar-refractivity contribution >= 4 is 11.6 Å². The molecule has 0 aliphatic carbocycles. The van der Waals surface area contributed by atoms with Gasteiger partial charge >= 0.3 is 0 Å². The number of rotatable bonds is 4. The Morgan fingerprint density at radius 3 is 2.10 bits per heavy atom. The van der Waals surface area contributed by atoms with Crippen LogP contribution in [-0.4, -0.2) is 15.7 Å². The number of carbonyl (C=O) groups excluding carboxylic acids is 1. The normalized spacial score (nSPS) is 10.7. The zero-order valence-electron chi connectivity index (χ0n) is 17.7. The maximum Gasteiger partial charge on any atom is 0.280 e. The number of amides is 1. The van der Waals surface area contributed by atoms with Gasteiger partial charge in [0.25, 0.3) is 11.5 Å². The molecule has 0 bridgehead atoms. The number of carbonyl (C=O) groups is 1. The average Bonchev–Trinajstić information content (AvgIpc) is 2.78. The SMILES string of the molecule is Cc1ccc(NC(=O)c2c(-c3ccccc3)c(-c3ccccc3)nn(C)c2=O)c(C)c1. The highest BCUT2D eigenvalue weighted by Crippen LogP contribution is 2.32. The molecule has 4 aromatic rings. The molecule has 3 aromatic carbocycles. The van der Waals surface area contributed by atoms with E-state index in [0.29, 0.717) is 16.9 Å². The number of nitrogens with zero attached hydrogens (tertiary/aromatic N) is 2. The van der Waals surface area contributed by atoms with Crippen LogP contribution in [-0.2, 0) is 7.05 Å². The third kappa shape index (κ3) is 4.03. The minimum atomic E-state index is -0.453. The first-order chi connectivity index (χ1) is 15.0. The predicted molar refractivity (Wildman–Crippen MR) is 124 cm³/mol. The molecule has 31 heavy (non-hydrogen) atoms. The number of nitrogens with one attached hydrogen (secondary N) is 1. The van der Waals surface area contributed by atoms with E-state index < -0.39 is 11.5 Å². The van der Waals surface area contributed by atoms with Crippen LogP contribution in [0.2, 0.25) is 0 Å². The molecule has 0 fully saturated rings. The topological polar surface area (TPSA) is 64.0 Å². The van der Waals surface area contributed by atoms with Crippen molar-refractivity contribution in [1.82, 2.24) is 9.78 Å². The maximum absolute atomic E-state index is 13.4. The molecule has 5 heteroatoms. The third-order valence-corrected chi connectivity index (χ3v) is 5.21. The molecule has 0 spiro atoms. The summed E-state index contributed by atoms with van der Waals surface area (Å²) in [5, 5.41) is 7.45. The van der Waals surface area contributed by atoms with Gasteiger partial charge in [-0.2, -0.15) is 5.10 Å². The van der Waals surface area contributed by atoms with Crippen LogP contribution in [0, 0.1) is 13.8 Å². The summed E-state index contributed by atoms with van der Waals surface area (Å²) in [6.07, 6.45) is 0. The van der Waals surface area contributed by atoms with Gasteiger partial charge in [0.05, 0.1) is 5.69 Å². The van der Waals surface area contributed by atoms with Gasteiger partial charge in [0.1, 0.15) is 5.56 Å². The summed E-state index contributed by atoms with van der Waals surface area (Å²) in [5.74, 6) is -0.453. The largest absolute Gasteiger partial charge is 0.322 e. The monoisotopic (exact) mass is 409 g/mol. The van der Waals surface area contributed by atoms with Crippen molar-refractivity contribution in [3.8, 4) is 22.4 Å². The second-order valence-corrected chi connectivity index (χ2v) is 7.53.